The van der Waals surface area contributed by atoms with Gasteiger partial charge in [-0.3, -0.25) is 9.89 Å². The zero-order valence-corrected chi connectivity index (χ0v) is 14.6. The average molecular weight is 369 g/mol. The summed E-state index contributed by atoms with van der Waals surface area (Å²) in [6.07, 6.45) is 6.67. The van der Waals surface area contributed by atoms with E-state index in [1.165, 1.54) is 6.07 Å². The maximum atomic E-state index is 14.5. The van der Waals surface area contributed by atoms with Gasteiger partial charge >= 0.3 is 0 Å². The molecule has 0 saturated carbocycles. The predicted molar refractivity (Wildman–Crippen MR) is 99.9 cm³/mol. The van der Waals surface area contributed by atoms with E-state index in [4.69, 9.17) is 5.73 Å². The third-order valence-corrected chi connectivity index (χ3v) is 4.61. The summed E-state index contributed by atoms with van der Waals surface area (Å²) in [7, 11) is 0. The molecule has 1 aliphatic heterocycles. The van der Waals surface area contributed by atoms with Crippen molar-refractivity contribution in [2.24, 2.45) is 5.73 Å². The molecule has 0 spiro atoms. The van der Waals surface area contributed by atoms with E-state index >= 15 is 0 Å². The molecule has 140 valence electrons. The van der Waals surface area contributed by atoms with Gasteiger partial charge in [0.1, 0.15) is 5.82 Å². The van der Waals surface area contributed by atoms with Gasteiger partial charge in [0.15, 0.2) is 5.82 Å². The first kappa shape index (κ1) is 17.2. The van der Waals surface area contributed by atoms with Crippen molar-refractivity contribution in [2.45, 2.75) is 18.9 Å². The summed E-state index contributed by atoms with van der Waals surface area (Å²) in [6, 6.07) is 4.62. The van der Waals surface area contributed by atoms with Crippen LogP contribution in [0.25, 0.3) is 11.3 Å². The Morgan fingerprint density at radius 1 is 1.37 bits per heavy atom. The van der Waals surface area contributed by atoms with E-state index in [1.807, 2.05) is 4.90 Å². The lowest BCUT2D eigenvalue weighted by Crippen LogP contribution is -2.43. The number of hydrogen-bond acceptors (Lipinski definition) is 5. The molecule has 27 heavy (non-hydrogen) atoms. The number of aromatic amines is 2. The van der Waals surface area contributed by atoms with Gasteiger partial charge in [-0.05, 0) is 25.0 Å². The number of piperidine rings is 1. The molecule has 1 fully saturated rings. The highest BCUT2D eigenvalue weighted by molar-refractivity contribution is 6.04. The number of para-hydroxylation sites is 1. The Hall–Kier alpha value is -3.20. The van der Waals surface area contributed by atoms with Crippen molar-refractivity contribution in [1.29, 1.82) is 0 Å². The van der Waals surface area contributed by atoms with Gasteiger partial charge in [0, 0.05) is 30.9 Å². The number of halogens is 1. The molecule has 1 saturated heterocycles. The monoisotopic (exact) mass is 369 g/mol. The zero-order valence-electron chi connectivity index (χ0n) is 14.6. The van der Waals surface area contributed by atoms with Crippen LogP contribution in [0.15, 0.2) is 36.8 Å². The van der Waals surface area contributed by atoms with Crippen molar-refractivity contribution in [3.05, 3.63) is 48.4 Å². The zero-order chi connectivity index (χ0) is 18.8. The summed E-state index contributed by atoms with van der Waals surface area (Å²) in [5.74, 6) is -0.699. The van der Waals surface area contributed by atoms with Gasteiger partial charge in [-0.1, -0.05) is 6.07 Å². The molecule has 3 aromatic rings. The second-order valence-electron chi connectivity index (χ2n) is 6.57. The number of aromatic nitrogens is 4. The first-order valence-electron chi connectivity index (χ1n) is 8.76. The molecular formula is C18H20FN7O. The lowest BCUT2D eigenvalue weighted by Gasteiger charge is -2.34. The number of H-pyrrole nitrogens is 2. The third-order valence-electron chi connectivity index (χ3n) is 4.61. The number of imidazole rings is 1. The standard InChI is InChI=1S/C18H20FN7O/c19-13-4-1-5-14(16(13)26-6-2-3-12(20)10-26)25-18(27)17-21-9-15(24-17)11-7-22-23-8-11/h1,4-5,7-9,12H,2-3,6,10,20H2,(H,21,24)(H,22,23)(H,25,27). The van der Waals surface area contributed by atoms with Gasteiger partial charge in [-0.25, -0.2) is 9.37 Å². The Balaban J connectivity index is 1.57. The normalized spacial score (nSPS) is 17.1. The van der Waals surface area contributed by atoms with E-state index in [0.717, 1.165) is 18.4 Å². The SMILES string of the molecule is NC1CCCN(c2c(F)cccc2NC(=O)c2ncc(-c3cn[nH]c3)[nH]2)C1. The van der Waals surface area contributed by atoms with Gasteiger partial charge in [-0.2, -0.15) is 5.10 Å². The van der Waals surface area contributed by atoms with Crippen molar-refractivity contribution in [3.8, 4) is 11.3 Å². The van der Waals surface area contributed by atoms with Crippen LogP contribution in [0.1, 0.15) is 23.5 Å². The molecule has 0 bridgehead atoms. The summed E-state index contributed by atoms with van der Waals surface area (Å²) in [5.41, 5.74) is 8.24. The number of anilines is 2. The Bertz CT molecular complexity index is 937. The minimum absolute atomic E-state index is 0.00972. The van der Waals surface area contributed by atoms with Crippen LogP contribution in [0.2, 0.25) is 0 Å². The van der Waals surface area contributed by atoms with E-state index in [2.05, 4.69) is 25.5 Å². The number of hydrogen-bond donors (Lipinski definition) is 4. The second-order valence-corrected chi connectivity index (χ2v) is 6.57. The lowest BCUT2D eigenvalue weighted by molar-refractivity contribution is 0.101. The molecule has 1 aromatic carbocycles. The van der Waals surface area contributed by atoms with Gasteiger partial charge in [0.05, 0.1) is 29.5 Å². The lowest BCUT2D eigenvalue weighted by atomic mass is 10.1. The van der Waals surface area contributed by atoms with Crippen molar-refractivity contribution in [2.75, 3.05) is 23.3 Å². The fourth-order valence-electron chi connectivity index (χ4n) is 3.31. The Kier molecular flexibility index (Phi) is 4.59. The number of benzene rings is 1. The number of nitrogens with two attached hydrogens (primary N) is 1. The topological polar surface area (TPSA) is 116 Å². The van der Waals surface area contributed by atoms with Crippen LogP contribution in [0, 0.1) is 5.82 Å². The maximum absolute atomic E-state index is 14.5. The van der Waals surface area contributed by atoms with Gasteiger partial charge in [-0.15, -0.1) is 0 Å². The van der Waals surface area contributed by atoms with Gasteiger partial charge in [0.25, 0.3) is 5.91 Å². The molecule has 1 amide bonds. The highest BCUT2D eigenvalue weighted by atomic mass is 19.1. The molecular weight excluding hydrogens is 349 g/mol. The van der Waals surface area contributed by atoms with Crippen LogP contribution >= 0.6 is 0 Å². The Morgan fingerprint density at radius 2 is 2.26 bits per heavy atom. The molecule has 0 aliphatic carbocycles. The van der Waals surface area contributed by atoms with E-state index in [1.54, 1.807) is 30.7 Å². The van der Waals surface area contributed by atoms with E-state index in [0.29, 0.717) is 30.2 Å². The number of carbonyl (C=O) groups is 1. The summed E-state index contributed by atoms with van der Waals surface area (Å²) in [5, 5.41) is 9.33. The maximum Gasteiger partial charge on any atom is 0.291 e. The number of carbonyl (C=O) groups excluding carboxylic acids is 1. The molecule has 2 aromatic heterocycles. The molecule has 4 rings (SSSR count). The molecule has 1 atom stereocenters. The summed E-state index contributed by atoms with van der Waals surface area (Å²) in [6.45, 7) is 1.25. The fraction of sp³-hybridized carbons (Fsp3) is 0.278. The van der Waals surface area contributed by atoms with Crippen LogP contribution < -0.4 is 16.0 Å². The molecule has 9 heteroatoms. The molecule has 0 radical (unpaired) electrons. The highest BCUT2D eigenvalue weighted by Crippen LogP contribution is 2.31. The number of nitrogens with zero attached hydrogens (tertiary/aromatic N) is 3. The van der Waals surface area contributed by atoms with Crippen molar-refractivity contribution < 1.29 is 9.18 Å². The first-order valence-corrected chi connectivity index (χ1v) is 8.76. The molecule has 3 heterocycles. The predicted octanol–water partition coefficient (Wildman–Crippen LogP) is 2.12. The van der Waals surface area contributed by atoms with Crippen molar-refractivity contribution in [1.82, 2.24) is 20.2 Å². The minimum Gasteiger partial charge on any atom is -0.366 e. The summed E-state index contributed by atoms with van der Waals surface area (Å²) < 4.78 is 14.5. The molecule has 1 unspecified atom stereocenters. The summed E-state index contributed by atoms with van der Waals surface area (Å²) in [4.78, 5) is 21.6. The minimum atomic E-state index is -0.446. The second kappa shape index (κ2) is 7.20. The third kappa shape index (κ3) is 3.54. The molecule has 5 N–H and O–H groups in total. The van der Waals surface area contributed by atoms with Crippen molar-refractivity contribution in [3.63, 3.8) is 0 Å². The highest BCUT2D eigenvalue weighted by Gasteiger charge is 2.23. The van der Waals surface area contributed by atoms with E-state index in [-0.39, 0.29) is 17.7 Å². The van der Waals surface area contributed by atoms with Crippen LogP contribution in [0.4, 0.5) is 15.8 Å². The first-order chi connectivity index (χ1) is 13.1. The van der Waals surface area contributed by atoms with Crippen LogP contribution in [-0.4, -0.2) is 45.2 Å². The Labute approximate surface area is 155 Å². The number of rotatable bonds is 4. The van der Waals surface area contributed by atoms with E-state index in [9.17, 15) is 9.18 Å². The average Bonchev–Trinajstić information content (AvgIpc) is 3.33. The van der Waals surface area contributed by atoms with Crippen LogP contribution in [0.5, 0.6) is 0 Å². The molecule has 8 nitrogen and oxygen atoms in total. The fourth-order valence-corrected chi connectivity index (χ4v) is 3.31. The van der Waals surface area contributed by atoms with Gasteiger partial charge < -0.3 is 20.9 Å². The number of nitrogens with one attached hydrogen (secondary N) is 3. The van der Waals surface area contributed by atoms with E-state index < -0.39 is 5.91 Å². The van der Waals surface area contributed by atoms with Crippen molar-refractivity contribution >= 4 is 17.3 Å². The molecule has 1 aliphatic rings. The van der Waals surface area contributed by atoms with Gasteiger partial charge in [0.2, 0.25) is 0 Å². The largest absolute Gasteiger partial charge is 0.366 e. The van der Waals surface area contributed by atoms with Crippen LogP contribution in [0.3, 0.4) is 0 Å². The number of amides is 1. The van der Waals surface area contributed by atoms with Crippen LogP contribution in [-0.2, 0) is 0 Å². The summed E-state index contributed by atoms with van der Waals surface area (Å²) >= 11 is 0. The smallest absolute Gasteiger partial charge is 0.291 e. The Morgan fingerprint density at radius 3 is 3.04 bits per heavy atom. The quantitative estimate of drug-likeness (QED) is 0.562.